The highest BCUT2D eigenvalue weighted by Gasteiger charge is 2.58. The lowest BCUT2D eigenvalue weighted by Crippen LogP contribution is -2.68. The van der Waals surface area contributed by atoms with Crippen molar-refractivity contribution in [2.75, 3.05) is 46.2 Å². The van der Waals surface area contributed by atoms with Gasteiger partial charge in [-0.1, -0.05) is 0 Å². The minimum atomic E-state index is -2.23. The molecule has 36 nitrogen and oxygen atoms in total. The lowest BCUT2D eigenvalue weighted by atomic mass is 9.95. The summed E-state index contributed by atoms with van der Waals surface area (Å²) in [4.78, 5) is 0. The largest absolute Gasteiger partial charge is 0.394 e. The Labute approximate surface area is 439 Å². The quantitative estimate of drug-likeness (QED) is 0.0571. The lowest BCUT2D eigenvalue weighted by Gasteiger charge is -2.50. The van der Waals surface area contributed by atoms with Gasteiger partial charge in [-0.05, 0) is 0 Å². The third-order valence-corrected chi connectivity index (χ3v) is 14.5. The fourth-order valence-electron chi connectivity index (χ4n) is 10.0. The summed E-state index contributed by atoms with van der Waals surface area (Å²) in [5, 5.41) is 243. The molecule has 23 N–H and O–H groups in total. The standard InChI is InChI=1S/C42H72O36/c43-1-8-15(50)16(51)24(59)37(67-8)74-31-10(3-45)69-39(26(61)18(31)53)76-33-12(5-47)71-41(28(63)20(33)55)78-35-14(7-49)72-42(29(64)22(35)57)77-34-13(6-48)70-40(27(62)21(34)56)75-32-11(4-46)68-38(25(60)19(32)54)73-30-9(2-44)66-36(65)23(58)17(30)52/h8-65H,1-7H2/t8-,9-,10-,11-,12-,13-,14-,15-,16+,17-,18-,19-,20-,21-,22-,23-,24-,25-,26-,27-,28-,29-,30-,31-,32-,33-,34-,35-,36?,37-,38-,39-,40-,41-,42-/m0/s1. The fraction of sp³-hybridized carbons (Fsp3) is 1.00. The first-order valence-electron chi connectivity index (χ1n) is 24.7. The van der Waals surface area contributed by atoms with Gasteiger partial charge in [-0.15, -0.1) is 0 Å². The monoisotopic (exact) mass is 1150 g/mol. The molecule has 7 saturated heterocycles. The lowest BCUT2D eigenvalue weighted by molar-refractivity contribution is -0.398. The second-order valence-electron chi connectivity index (χ2n) is 19.6. The zero-order chi connectivity index (χ0) is 57.3. The van der Waals surface area contributed by atoms with Crippen LogP contribution in [0.5, 0.6) is 0 Å². The van der Waals surface area contributed by atoms with Crippen molar-refractivity contribution >= 4 is 0 Å². The van der Waals surface area contributed by atoms with Crippen molar-refractivity contribution < 1.29 is 179 Å². The third kappa shape index (κ3) is 12.9. The molecule has 0 saturated carbocycles. The summed E-state index contributed by atoms with van der Waals surface area (Å²) in [6.07, 6.45) is -67.4. The Hall–Kier alpha value is -1.44. The molecule has 0 amide bonds. The number of aliphatic hydroxyl groups is 23. The fourth-order valence-corrected chi connectivity index (χ4v) is 10.0. The summed E-state index contributed by atoms with van der Waals surface area (Å²) in [6.45, 7) is -6.86. The summed E-state index contributed by atoms with van der Waals surface area (Å²) in [6, 6.07) is 0. The van der Waals surface area contributed by atoms with E-state index in [9.17, 15) is 117 Å². The number of rotatable bonds is 19. The average Bonchev–Trinajstić information content (AvgIpc) is 3.44. The van der Waals surface area contributed by atoms with Gasteiger partial charge < -0.3 is 179 Å². The highest BCUT2D eigenvalue weighted by Crippen LogP contribution is 2.37. The molecule has 7 heterocycles. The summed E-state index contributed by atoms with van der Waals surface area (Å²) in [5.41, 5.74) is 0. The molecule has 7 rings (SSSR count). The average molecular weight is 1150 g/mol. The Bertz CT molecular complexity index is 1810. The number of aliphatic hydroxyl groups excluding tert-OH is 23. The molecule has 0 radical (unpaired) electrons. The second kappa shape index (κ2) is 27.5. The van der Waals surface area contributed by atoms with E-state index in [-0.39, 0.29) is 0 Å². The molecule has 0 aromatic heterocycles. The van der Waals surface area contributed by atoms with E-state index in [1.54, 1.807) is 0 Å². The summed E-state index contributed by atoms with van der Waals surface area (Å²) < 4.78 is 71.9. The Kier molecular flexibility index (Phi) is 22.6. The van der Waals surface area contributed by atoms with Crippen LogP contribution in [0.3, 0.4) is 0 Å². The van der Waals surface area contributed by atoms with E-state index < -0.39 is 261 Å². The van der Waals surface area contributed by atoms with Gasteiger partial charge in [0.1, 0.15) is 171 Å². The van der Waals surface area contributed by atoms with Crippen LogP contribution in [-0.2, 0) is 61.6 Å². The summed E-state index contributed by atoms with van der Waals surface area (Å²) >= 11 is 0. The number of hydrogen-bond acceptors (Lipinski definition) is 36. The van der Waals surface area contributed by atoms with Crippen LogP contribution < -0.4 is 0 Å². The van der Waals surface area contributed by atoms with Crippen LogP contribution in [0.4, 0.5) is 0 Å². The van der Waals surface area contributed by atoms with E-state index in [0.717, 1.165) is 0 Å². The molecular formula is C42H72O36. The SMILES string of the molecule is OC[C@@H]1O[C@@H](O[C@@H]2[C@@H](O)[C@H](O)[C@H](O[C@@H]3[C@@H](O)[C@H](O)[C@H](O[C@@H]4[C@@H](O)[C@H](O)[C@H](O[C@@H]5[C@@H](O)[C@H](O)[C@H](O[C@@H]6[C@@H](O)[C@H](O)[C@H](O[C@@H]7[C@@H](O)[C@H](O)C(O)O[C@H]7CO)O[C@H]6CO)O[C@H]5CO)O[C@H]4CO)O[C@H]3CO)O[C@H]2CO)[C@@H](O)[C@H](O)[C@H]1O. The van der Waals surface area contributed by atoms with Crippen molar-refractivity contribution in [3.8, 4) is 0 Å². The molecule has 0 aromatic rings. The van der Waals surface area contributed by atoms with Gasteiger partial charge in [0.05, 0.1) is 46.2 Å². The van der Waals surface area contributed by atoms with Crippen molar-refractivity contribution in [2.24, 2.45) is 0 Å². The minimum Gasteiger partial charge on any atom is -0.394 e. The topological polar surface area (TPSA) is 585 Å². The molecule has 0 aromatic carbocycles. The maximum atomic E-state index is 11.3. The van der Waals surface area contributed by atoms with Gasteiger partial charge in [0.15, 0.2) is 44.0 Å². The van der Waals surface area contributed by atoms with Crippen LogP contribution in [0, 0.1) is 0 Å². The molecule has 7 aliphatic heterocycles. The van der Waals surface area contributed by atoms with Crippen LogP contribution in [0.2, 0.25) is 0 Å². The van der Waals surface area contributed by atoms with E-state index in [1.807, 2.05) is 0 Å². The van der Waals surface area contributed by atoms with E-state index in [4.69, 9.17) is 61.6 Å². The molecule has 1 unspecified atom stereocenters. The van der Waals surface area contributed by atoms with Gasteiger partial charge in [-0.25, -0.2) is 0 Å². The van der Waals surface area contributed by atoms with Gasteiger partial charge >= 0.3 is 0 Å². The zero-order valence-corrected chi connectivity index (χ0v) is 40.8. The molecule has 456 valence electrons. The third-order valence-electron chi connectivity index (χ3n) is 14.5. The predicted octanol–water partition coefficient (Wildman–Crippen LogP) is -16.3. The van der Waals surface area contributed by atoms with Crippen LogP contribution in [0.15, 0.2) is 0 Å². The van der Waals surface area contributed by atoms with E-state index >= 15 is 0 Å². The van der Waals surface area contributed by atoms with E-state index in [0.29, 0.717) is 0 Å². The Morgan fingerprint density at radius 3 is 0.590 bits per heavy atom. The van der Waals surface area contributed by atoms with Crippen molar-refractivity contribution in [1.29, 1.82) is 0 Å². The smallest absolute Gasteiger partial charge is 0.187 e. The molecule has 7 aliphatic rings. The first kappa shape index (κ1) is 64.1. The Balaban J connectivity index is 0.947. The van der Waals surface area contributed by atoms with Gasteiger partial charge in [-0.2, -0.15) is 0 Å². The van der Waals surface area contributed by atoms with E-state index in [1.165, 1.54) is 0 Å². The zero-order valence-electron chi connectivity index (χ0n) is 40.8. The van der Waals surface area contributed by atoms with Gasteiger partial charge in [-0.3, -0.25) is 0 Å². The molecule has 78 heavy (non-hydrogen) atoms. The Morgan fingerprint density at radius 2 is 0.372 bits per heavy atom. The van der Waals surface area contributed by atoms with Crippen LogP contribution in [0.1, 0.15) is 0 Å². The van der Waals surface area contributed by atoms with E-state index in [2.05, 4.69) is 0 Å². The molecule has 36 heteroatoms. The minimum absolute atomic E-state index is 0.843. The van der Waals surface area contributed by atoms with Gasteiger partial charge in [0.2, 0.25) is 0 Å². The Morgan fingerprint density at radius 1 is 0.192 bits per heavy atom. The molecule has 0 bridgehead atoms. The first-order chi connectivity index (χ1) is 37.0. The highest BCUT2D eigenvalue weighted by atomic mass is 16.8. The molecule has 0 spiro atoms. The number of ether oxygens (including phenoxy) is 13. The van der Waals surface area contributed by atoms with Crippen molar-refractivity contribution in [3.05, 3.63) is 0 Å². The normalized spacial score (nSPS) is 53.5. The van der Waals surface area contributed by atoms with Crippen molar-refractivity contribution in [3.63, 3.8) is 0 Å². The van der Waals surface area contributed by atoms with Gasteiger partial charge in [0.25, 0.3) is 0 Å². The number of hydrogen-bond donors (Lipinski definition) is 23. The van der Waals surface area contributed by atoms with Crippen LogP contribution in [0.25, 0.3) is 0 Å². The van der Waals surface area contributed by atoms with Crippen LogP contribution >= 0.6 is 0 Å². The van der Waals surface area contributed by atoms with Crippen molar-refractivity contribution in [1.82, 2.24) is 0 Å². The summed E-state index contributed by atoms with van der Waals surface area (Å²) in [7, 11) is 0. The second-order valence-corrected chi connectivity index (χ2v) is 19.6. The molecule has 7 fully saturated rings. The molecule has 35 atom stereocenters. The van der Waals surface area contributed by atoms with Crippen LogP contribution in [-0.4, -0.2) is 379 Å². The molecule has 0 aliphatic carbocycles. The van der Waals surface area contributed by atoms with Crippen molar-refractivity contribution in [2.45, 2.75) is 215 Å². The molecular weight excluding hydrogens is 1080 g/mol. The van der Waals surface area contributed by atoms with Gasteiger partial charge in [0, 0.05) is 0 Å². The highest BCUT2D eigenvalue weighted by molar-refractivity contribution is 5.01. The maximum Gasteiger partial charge on any atom is 0.187 e. The first-order valence-corrected chi connectivity index (χ1v) is 24.7. The maximum absolute atomic E-state index is 11.3. The predicted molar refractivity (Wildman–Crippen MR) is 232 cm³/mol. The summed E-state index contributed by atoms with van der Waals surface area (Å²) in [5.74, 6) is 0.